The molecular weight excluding hydrogens is 180 g/mol. The SMILES string of the molecule is COC1(Cc2onc(N)c2C)CCC1. The van der Waals surface area contributed by atoms with Crippen LogP contribution in [0.15, 0.2) is 4.52 Å². The molecular formula is C10H16N2O2. The van der Waals surface area contributed by atoms with Gasteiger partial charge in [0.25, 0.3) is 0 Å². The number of anilines is 1. The number of nitrogen functional groups attached to an aromatic ring is 1. The van der Waals surface area contributed by atoms with Gasteiger partial charge in [-0.3, -0.25) is 0 Å². The Morgan fingerprint density at radius 2 is 2.29 bits per heavy atom. The Kier molecular flexibility index (Phi) is 2.23. The van der Waals surface area contributed by atoms with Gasteiger partial charge >= 0.3 is 0 Å². The van der Waals surface area contributed by atoms with E-state index in [1.807, 2.05) is 6.92 Å². The van der Waals surface area contributed by atoms with E-state index in [0.717, 1.165) is 30.6 Å². The Morgan fingerprint density at radius 3 is 2.64 bits per heavy atom. The molecule has 0 bridgehead atoms. The lowest BCUT2D eigenvalue weighted by molar-refractivity contribution is -0.0745. The monoisotopic (exact) mass is 196 g/mol. The fourth-order valence-corrected chi connectivity index (χ4v) is 1.87. The molecule has 1 aromatic rings. The molecule has 4 heteroatoms. The third-order valence-corrected chi connectivity index (χ3v) is 3.24. The normalized spacial score (nSPS) is 19.3. The lowest BCUT2D eigenvalue weighted by atomic mass is 9.76. The van der Waals surface area contributed by atoms with Crippen molar-refractivity contribution in [3.05, 3.63) is 11.3 Å². The largest absolute Gasteiger partial charge is 0.381 e. The van der Waals surface area contributed by atoms with Crippen molar-refractivity contribution < 1.29 is 9.26 Å². The van der Waals surface area contributed by atoms with E-state index < -0.39 is 0 Å². The number of ether oxygens (including phenoxy) is 1. The highest BCUT2D eigenvalue weighted by molar-refractivity contribution is 5.39. The second-order valence-electron chi connectivity index (χ2n) is 4.03. The molecule has 0 radical (unpaired) electrons. The van der Waals surface area contributed by atoms with E-state index >= 15 is 0 Å². The van der Waals surface area contributed by atoms with Gasteiger partial charge in [0.05, 0.1) is 5.60 Å². The summed E-state index contributed by atoms with van der Waals surface area (Å²) in [5.74, 6) is 1.36. The molecule has 0 unspecified atom stereocenters. The van der Waals surface area contributed by atoms with Gasteiger partial charge in [-0.25, -0.2) is 0 Å². The second kappa shape index (κ2) is 3.28. The first kappa shape index (κ1) is 9.52. The highest BCUT2D eigenvalue weighted by atomic mass is 16.5. The van der Waals surface area contributed by atoms with Crippen LogP contribution in [0.5, 0.6) is 0 Å². The molecule has 2 N–H and O–H groups in total. The molecule has 2 rings (SSSR count). The van der Waals surface area contributed by atoms with Crippen molar-refractivity contribution in [3.8, 4) is 0 Å². The highest BCUT2D eigenvalue weighted by Crippen LogP contribution is 2.38. The van der Waals surface area contributed by atoms with Crippen molar-refractivity contribution in [3.63, 3.8) is 0 Å². The molecule has 0 aliphatic heterocycles. The minimum atomic E-state index is -0.0171. The maximum absolute atomic E-state index is 5.61. The second-order valence-corrected chi connectivity index (χ2v) is 4.03. The summed E-state index contributed by atoms with van der Waals surface area (Å²) in [6.45, 7) is 1.93. The third kappa shape index (κ3) is 1.39. The summed E-state index contributed by atoms with van der Waals surface area (Å²) in [5, 5.41) is 3.74. The fraction of sp³-hybridized carbons (Fsp3) is 0.700. The van der Waals surface area contributed by atoms with Crippen LogP contribution in [0.1, 0.15) is 30.6 Å². The fourth-order valence-electron chi connectivity index (χ4n) is 1.87. The van der Waals surface area contributed by atoms with E-state index in [-0.39, 0.29) is 5.60 Å². The maximum atomic E-state index is 5.61. The predicted octanol–water partition coefficient (Wildman–Crippen LogP) is 1.68. The first-order valence-corrected chi connectivity index (χ1v) is 4.93. The van der Waals surface area contributed by atoms with Crippen LogP contribution in [0, 0.1) is 6.92 Å². The molecule has 0 amide bonds. The summed E-state index contributed by atoms with van der Waals surface area (Å²) in [4.78, 5) is 0. The number of nitrogens with two attached hydrogens (primary N) is 1. The Balaban J connectivity index is 2.13. The van der Waals surface area contributed by atoms with Crippen LogP contribution < -0.4 is 5.73 Å². The van der Waals surface area contributed by atoms with E-state index in [0.29, 0.717) is 5.82 Å². The molecule has 1 aliphatic carbocycles. The molecule has 0 saturated heterocycles. The first-order chi connectivity index (χ1) is 6.67. The van der Waals surface area contributed by atoms with Crippen molar-refractivity contribution in [2.45, 2.75) is 38.2 Å². The number of nitrogens with zero attached hydrogens (tertiary/aromatic N) is 1. The van der Waals surface area contributed by atoms with Crippen LogP contribution in [0.25, 0.3) is 0 Å². The zero-order chi connectivity index (χ0) is 10.2. The zero-order valence-electron chi connectivity index (χ0n) is 8.67. The van der Waals surface area contributed by atoms with E-state index in [9.17, 15) is 0 Å². The summed E-state index contributed by atoms with van der Waals surface area (Å²) < 4.78 is 10.7. The van der Waals surface area contributed by atoms with Gasteiger partial charge < -0.3 is 15.0 Å². The molecule has 1 heterocycles. The minimum Gasteiger partial charge on any atom is -0.381 e. The number of hydrogen-bond acceptors (Lipinski definition) is 4. The lowest BCUT2D eigenvalue weighted by Crippen LogP contribution is -2.41. The highest BCUT2D eigenvalue weighted by Gasteiger charge is 2.38. The van der Waals surface area contributed by atoms with Crippen LogP contribution in [-0.4, -0.2) is 17.9 Å². The Hall–Kier alpha value is -1.03. The standard InChI is InChI=1S/C10H16N2O2/c1-7-8(14-12-9(7)11)6-10(13-2)4-3-5-10/h3-6H2,1-2H3,(H2,11,12). The average Bonchev–Trinajstić information content (AvgIpc) is 2.42. The minimum absolute atomic E-state index is 0.0171. The topological polar surface area (TPSA) is 61.3 Å². The number of aromatic nitrogens is 1. The molecule has 1 saturated carbocycles. The van der Waals surface area contributed by atoms with Gasteiger partial charge in [-0.05, 0) is 26.2 Å². The van der Waals surface area contributed by atoms with E-state index in [4.69, 9.17) is 15.0 Å². The summed E-state index contributed by atoms with van der Waals surface area (Å²) in [5.41, 5.74) is 6.55. The number of hydrogen-bond donors (Lipinski definition) is 1. The molecule has 1 aromatic heterocycles. The summed E-state index contributed by atoms with van der Waals surface area (Å²) in [6, 6.07) is 0. The predicted molar refractivity (Wildman–Crippen MR) is 52.9 cm³/mol. The van der Waals surface area contributed by atoms with Crippen molar-refractivity contribution in [2.24, 2.45) is 0 Å². The molecule has 0 spiro atoms. The molecule has 0 aromatic carbocycles. The number of methoxy groups -OCH3 is 1. The van der Waals surface area contributed by atoms with Crippen LogP contribution >= 0.6 is 0 Å². The molecule has 0 atom stereocenters. The van der Waals surface area contributed by atoms with E-state index in [1.165, 1.54) is 6.42 Å². The Morgan fingerprint density at radius 1 is 1.57 bits per heavy atom. The van der Waals surface area contributed by atoms with Gasteiger partial charge in [0.2, 0.25) is 0 Å². The average molecular weight is 196 g/mol. The van der Waals surface area contributed by atoms with Gasteiger partial charge in [-0.1, -0.05) is 5.16 Å². The van der Waals surface area contributed by atoms with E-state index in [1.54, 1.807) is 7.11 Å². The van der Waals surface area contributed by atoms with Crippen molar-refractivity contribution >= 4 is 5.82 Å². The van der Waals surface area contributed by atoms with E-state index in [2.05, 4.69) is 5.16 Å². The quantitative estimate of drug-likeness (QED) is 0.798. The summed E-state index contributed by atoms with van der Waals surface area (Å²) in [6.07, 6.45) is 4.23. The molecule has 1 fully saturated rings. The molecule has 4 nitrogen and oxygen atoms in total. The van der Waals surface area contributed by atoms with Crippen LogP contribution in [0.4, 0.5) is 5.82 Å². The smallest absolute Gasteiger partial charge is 0.169 e. The molecule has 78 valence electrons. The Bertz CT molecular complexity index is 323. The molecule has 1 aliphatic rings. The summed E-state index contributed by atoms with van der Waals surface area (Å²) in [7, 11) is 1.76. The van der Waals surface area contributed by atoms with Crippen LogP contribution in [-0.2, 0) is 11.2 Å². The first-order valence-electron chi connectivity index (χ1n) is 4.93. The number of rotatable bonds is 3. The van der Waals surface area contributed by atoms with Gasteiger partial charge in [-0.2, -0.15) is 0 Å². The van der Waals surface area contributed by atoms with Crippen LogP contribution in [0.3, 0.4) is 0 Å². The zero-order valence-corrected chi connectivity index (χ0v) is 8.67. The van der Waals surface area contributed by atoms with Crippen LogP contribution in [0.2, 0.25) is 0 Å². The van der Waals surface area contributed by atoms with Gasteiger partial charge in [-0.15, -0.1) is 0 Å². The van der Waals surface area contributed by atoms with Gasteiger partial charge in [0.1, 0.15) is 5.76 Å². The maximum Gasteiger partial charge on any atom is 0.169 e. The van der Waals surface area contributed by atoms with Crippen molar-refractivity contribution in [1.82, 2.24) is 5.16 Å². The third-order valence-electron chi connectivity index (χ3n) is 3.24. The lowest BCUT2D eigenvalue weighted by Gasteiger charge is -2.39. The van der Waals surface area contributed by atoms with Crippen molar-refractivity contribution in [2.75, 3.05) is 12.8 Å². The molecule has 14 heavy (non-hydrogen) atoms. The van der Waals surface area contributed by atoms with Crippen molar-refractivity contribution in [1.29, 1.82) is 0 Å². The summed E-state index contributed by atoms with van der Waals surface area (Å²) >= 11 is 0. The van der Waals surface area contributed by atoms with Gasteiger partial charge in [0.15, 0.2) is 5.82 Å². The Labute approximate surface area is 83.4 Å². The van der Waals surface area contributed by atoms with Gasteiger partial charge in [0, 0.05) is 19.1 Å².